The van der Waals surface area contributed by atoms with Crippen molar-refractivity contribution >= 4 is 18.4 Å². The van der Waals surface area contributed by atoms with Gasteiger partial charge in [-0.1, -0.05) is 31.4 Å². The number of carbonyl (C=O) groups is 1. The Bertz CT molecular complexity index is 443. The standard InChI is InChI=1S/C16H23NO3.ClH/c1-20-16(19)13-9-7-11(8-10-13)14(17)15(18)12-5-3-2-4-6-12;/h7-10,12,14-15,18H,2-6,17H2,1H3;1H/t14-,15+;/m1./s1. The maximum atomic E-state index is 11.4. The van der Waals surface area contributed by atoms with Gasteiger partial charge in [0.05, 0.1) is 24.8 Å². The number of benzene rings is 1. The smallest absolute Gasteiger partial charge is 0.337 e. The summed E-state index contributed by atoms with van der Waals surface area (Å²) in [6.07, 6.45) is 5.20. The first-order valence-corrected chi connectivity index (χ1v) is 7.25. The Morgan fingerprint density at radius 3 is 2.33 bits per heavy atom. The van der Waals surface area contributed by atoms with Gasteiger partial charge in [-0.25, -0.2) is 4.79 Å². The van der Waals surface area contributed by atoms with Gasteiger partial charge in [-0.3, -0.25) is 0 Å². The molecule has 0 saturated heterocycles. The number of methoxy groups -OCH3 is 1. The molecule has 21 heavy (non-hydrogen) atoms. The molecule has 0 bridgehead atoms. The molecule has 3 N–H and O–H groups in total. The molecule has 0 unspecified atom stereocenters. The zero-order valence-electron chi connectivity index (χ0n) is 12.3. The number of nitrogens with two attached hydrogens (primary N) is 1. The van der Waals surface area contributed by atoms with E-state index in [1.165, 1.54) is 26.4 Å². The van der Waals surface area contributed by atoms with Crippen molar-refractivity contribution in [3.05, 3.63) is 35.4 Å². The monoisotopic (exact) mass is 313 g/mol. The number of rotatable bonds is 4. The van der Waals surface area contributed by atoms with Gasteiger partial charge in [0.25, 0.3) is 0 Å². The Morgan fingerprint density at radius 2 is 1.81 bits per heavy atom. The molecule has 1 aromatic rings. The zero-order chi connectivity index (χ0) is 14.5. The molecule has 0 amide bonds. The van der Waals surface area contributed by atoms with Crippen molar-refractivity contribution in [3.8, 4) is 0 Å². The van der Waals surface area contributed by atoms with Gasteiger partial charge in [-0.15, -0.1) is 12.4 Å². The van der Waals surface area contributed by atoms with Crippen LogP contribution in [0.25, 0.3) is 0 Å². The maximum absolute atomic E-state index is 11.4. The van der Waals surface area contributed by atoms with Crippen molar-refractivity contribution < 1.29 is 14.6 Å². The van der Waals surface area contributed by atoms with Crippen LogP contribution in [-0.2, 0) is 4.74 Å². The summed E-state index contributed by atoms with van der Waals surface area (Å²) in [5.74, 6) is -0.0722. The number of halogens is 1. The Hall–Kier alpha value is -1.10. The van der Waals surface area contributed by atoms with Crippen LogP contribution in [0, 0.1) is 5.92 Å². The molecule has 1 aliphatic rings. The Labute approximate surface area is 132 Å². The molecule has 2 rings (SSSR count). The molecule has 2 atom stereocenters. The number of hydrogen-bond acceptors (Lipinski definition) is 4. The van der Waals surface area contributed by atoms with Gasteiger partial charge < -0.3 is 15.6 Å². The third-order valence-corrected chi connectivity index (χ3v) is 4.22. The van der Waals surface area contributed by atoms with Crippen molar-refractivity contribution in [1.29, 1.82) is 0 Å². The Morgan fingerprint density at radius 1 is 1.24 bits per heavy atom. The van der Waals surface area contributed by atoms with Gasteiger partial charge >= 0.3 is 5.97 Å². The topological polar surface area (TPSA) is 72.5 Å². The van der Waals surface area contributed by atoms with Gasteiger partial charge in [0, 0.05) is 0 Å². The highest BCUT2D eigenvalue weighted by atomic mass is 35.5. The van der Waals surface area contributed by atoms with Gasteiger partial charge in [-0.2, -0.15) is 0 Å². The molecule has 1 aliphatic carbocycles. The molecule has 0 heterocycles. The number of hydrogen-bond donors (Lipinski definition) is 2. The summed E-state index contributed by atoms with van der Waals surface area (Å²) in [4.78, 5) is 11.4. The fourth-order valence-corrected chi connectivity index (χ4v) is 2.93. The first-order chi connectivity index (χ1) is 9.63. The summed E-state index contributed by atoms with van der Waals surface area (Å²) < 4.78 is 4.66. The van der Waals surface area contributed by atoms with E-state index in [0.717, 1.165) is 18.4 Å². The average Bonchev–Trinajstić information content (AvgIpc) is 2.53. The second-order valence-corrected chi connectivity index (χ2v) is 5.53. The third kappa shape index (κ3) is 4.43. The van der Waals surface area contributed by atoms with E-state index >= 15 is 0 Å². The Balaban J connectivity index is 0.00000220. The molecule has 5 heteroatoms. The van der Waals surface area contributed by atoms with Crippen molar-refractivity contribution in [1.82, 2.24) is 0 Å². The lowest BCUT2D eigenvalue weighted by Crippen LogP contribution is -2.34. The number of ether oxygens (including phenoxy) is 1. The van der Waals surface area contributed by atoms with Gasteiger partial charge in [0.1, 0.15) is 0 Å². The fourth-order valence-electron chi connectivity index (χ4n) is 2.93. The minimum absolute atomic E-state index is 0. The Kier molecular flexibility index (Phi) is 7.15. The van der Waals surface area contributed by atoms with E-state index in [4.69, 9.17) is 5.73 Å². The summed E-state index contributed by atoms with van der Waals surface area (Å²) in [5, 5.41) is 10.4. The van der Waals surface area contributed by atoms with Crippen LogP contribution >= 0.6 is 12.4 Å². The molecule has 0 aliphatic heterocycles. The quantitative estimate of drug-likeness (QED) is 0.838. The summed E-state index contributed by atoms with van der Waals surface area (Å²) in [6, 6.07) is 6.57. The van der Waals surface area contributed by atoms with E-state index in [2.05, 4.69) is 4.74 Å². The predicted octanol–water partition coefficient (Wildman–Crippen LogP) is 2.84. The minimum Gasteiger partial charge on any atom is -0.465 e. The van der Waals surface area contributed by atoms with E-state index in [9.17, 15) is 9.90 Å². The summed E-state index contributed by atoms with van der Waals surface area (Å²) in [7, 11) is 1.36. The zero-order valence-corrected chi connectivity index (χ0v) is 13.1. The number of aliphatic hydroxyl groups excluding tert-OH is 1. The van der Waals surface area contributed by atoms with Crippen LogP contribution in [0.1, 0.15) is 54.1 Å². The molecule has 0 aromatic heterocycles. The van der Waals surface area contributed by atoms with E-state index in [-0.39, 0.29) is 18.4 Å². The highest BCUT2D eigenvalue weighted by Crippen LogP contribution is 2.31. The lowest BCUT2D eigenvalue weighted by atomic mass is 9.81. The molecule has 1 aromatic carbocycles. The largest absolute Gasteiger partial charge is 0.465 e. The summed E-state index contributed by atoms with van der Waals surface area (Å²) in [6.45, 7) is 0. The molecule has 1 fully saturated rings. The second kappa shape index (κ2) is 8.37. The number of aliphatic hydroxyl groups is 1. The first kappa shape index (κ1) is 18.0. The van der Waals surface area contributed by atoms with Crippen molar-refractivity contribution in [2.75, 3.05) is 7.11 Å². The van der Waals surface area contributed by atoms with Crippen LogP contribution in [0.2, 0.25) is 0 Å². The van der Waals surface area contributed by atoms with E-state index in [1.54, 1.807) is 24.3 Å². The highest BCUT2D eigenvalue weighted by Gasteiger charge is 2.27. The predicted molar refractivity (Wildman–Crippen MR) is 84.5 cm³/mol. The molecular weight excluding hydrogens is 290 g/mol. The summed E-state index contributed by atoms with van der Waals surface area (Å²) >= 11 is 0. The fraction of sp³-hybridized carbons (Fsp3) is 0.562. The van der Waals surface area contributed by atoms with Crippen LogP contribution in [0.5, 0.6) is 0 Å². The number of carbonyl (C=O) groups excluding carboxylic acids is 1. The molecule has 0 spiro atoms. The van der Waals surface area contributed by atoms with Crippen LogP contribution < -0.4 is 5.73 Å². The molecular formula is C16H24ClNO3. The van der Waals surface area contributed by atoms with E-state index in [1.807, 2.05) is 0 Å². The number of esters is 1. The summed E-state index contributed by atoms with van der Waals surface area (Å²) in [5.41, 5.74) is 7.51. The van der Waals surface area contributed by atoms with Crippen molar-refractivity contribution in [3.63, 3.8) is 0 Å². The van der Waals surface area contributed by atoms with Crippen molar-refractivity contribution in [2.24, 2.45) is 11.7 Å². The first-order valence-electron chi connectivity index (χ1n) is 7.25. The second-order valence-electron chi connectivity index (χ2n) is 5.53. The average molecular weight is 314 g/mol. The molecule has 118 valence electrons. The highest BCUT2D eigenvalue weighted by molar-refractivity contribution is 5.89. The van der Waals surface area contributed by atoms with Crippen LogP contribution in [-0.4, -0.2) is 24.3 Å². The lowest BCUT2D eigenvalue weighted by molar-refractivity contribution is 0.0600. The lowest BCUT2D eigenvalue weighted by Gasteiger charge is -2.30. The maximum Gasteiger partial charge on any atom is 0.337 e. The van der Waals surface area contributed by atoms with Gasteiger partial charge in [0.15, 0.2) is 0 Å². The molecule has 4 nitrogen and oxygen atoms in total. The van der Waals surface area contributed by atoms with Crippen molar-refractivity contribution in [2.45, 2.75) is 44.2 Å². The van der Waals surface area contributed by atoms with Gasteiger partial charge in [-0.05, 0) is 36.5 Å². The molecule has 1 saturated carbocycles. The van der Waals surface area contributed by atoms with Crippen LogP contribution in [0.15, 0.2) is 24.3 Å². The SMILES string of the molecule is COC(=O)c1ccc([C@@H](N)[C@@H](O)C2CCCCC2)cc1.Cl. The van der Waals surface area contributed by atoms with Crippen LogP contribution in [0.4, 0.5) is 0 Å². The van der Waals surface area contributed by atoms with Crippen LogP contribution in [0.3, 0.4) is 0 Å². The van der Waals surface area contributed by atoms with Gasteiger partial charge in [0.2, 0.25) is 0 Å². The third-order valence-electron chi connectivity index (χ3n) is 4.22. The normalized spacial score (nSPS) is 18.4. The van der Waals surface area contributed by atoms with E-state index in [0.29, 0.717) is 11.5 Å². The van der Waals surface area contributed by atoms with E-state index < -0.39 is 12.1 Å². The minimum atomic E-state index is -0.515. The molecule has 0 radical (unpaired) electrons.